The lowest BCUT2D eigenvalue weighted by Gasteiger charge is -2.36. The molecule has 0 radical (unpaired) electrons. The lowest BCUT2D eigenvalue weighted by molar-refractivity contribution is -0.122. The molecule has 1 N–H and O–H groups in total. The molecule has 27 heavy (non-hydrogen) atoms. The zero-order chi connectivity index (χ0) is 18.5. The highest BCUT2D eigenvalue weighted by Crippen LogP contribution is 2.41. The minimum Gasteiger partial charge on any atom is -0.368 e. The molecular formula is C24H24O3. The van der Waals surface area contributed by atoms with Gasteiger partial charge in [0, 0.05) is 6.42 Å². The summed E-state index contributed by atoms with van der Waals surface area (Å²) in [7, 11) is 0. The van der Waals surface area contributed by atoms with Crippen molar-refractivity contribution in [3.8, 4) is 0 Å². The van der Waals surface area contributed by atoms with Gasteiger partial charge < -0.3 is 14.6 Å². The third-order valence-corrected chi connectivity index (χ3v) is 5.11. The second-order valence-corrected chi connectivity index (χ2v) is 6.88. The van der Waals surface area contributed by atoms with Crippen LogP contribution in [0.3, 0.4) is 0 Å². The van der Waals surface area contributed by atoms with E-state index < -0.39 is 11.9 Å². The SMILES string of the molecule is OC1CCC(COC(c2ccccc2)(c2ccccc2)c2ccccc2)O1. The number of hydrogen-bond donors (Lipinski definition) is 1. The van der Waals surface area contributed by atoms with Crippen molar-refractivity contribution in [2.24, 2.45) is 0 Å². The van der Waals surface area contributed by atoms with E-state index in [1.54, 1.807) is 0 Å². The predicted octanol–water partition coefficient (Wildman–Crippen LogP) is 4.49. The van der Waals surface area contributed by atoms with E-state index in [0.29, 0.717) is 13.0 Å². The first-order valence-corrected chi connectivity index (χ1v) is 9.43. The second kappa shape index (κ2) is 8.05. The fraction of sp³-hybridized carbons (Fsp3) is 0.250. The average Bonchev–Trinajstić information content (AvgIpc) is 3.16. The van der Waals surface area contributed by atoms with Crippen LogP contribution in [0.15, 0.2) is 91.0 Å². The van der Waals surface area contributed by atoms with Gasteiger partial charge in [-0.05, 0) is 23.1 Å². The zero-order valence-electron chi connectivity index (χ0n) is 15.2. The first kappa shape index (κ1) is 17.9. The van der Waals surface area contributed by atoms with E-state index >= 15 is 0 Å². The molecule has 0 saturated carbocycles. The van der Waals surface area contributed by atoms with Crippen LogP contribution in [0.2, 0.25) is 0 Å². The van der Waals surface area contributed by atoms with Gasteiger partial charge in [0.05, 0.1) is 12.7 Å². The Bertz CT molecular complexity index is 737. The van der Waals surface area contributed by atoms with Gasteiger partial charge in [0.15, 0.2) is 6.29 Å². The van der Waals surface area contributed by atoms with Crippen LogP contribution >= 0.6 is 0 Å². The van der Waals surface area contributed by atoms with Gasteiger partial charge in [-0.2, -0.15) is 0 Å². The number of aliphatic hydroxyl groups excluding tert-OH is 1. The van der Waals surface area contributed by atoms with E-state index in [4.69, 9.17) is 9.47 Å². The van der Waals surface area contributed by atoms with Gasteiger partial charge in [0.1, 0.15) is 5.60 Å². The molecule has 3 aromatic carbocycles. The van der Waals surface area contributed by atoms with Crippen molar-refractivity contribution in [2.75, 3.05) is 6.61 Å². The Morgan fingerprint density at radius 3 is 1.56 bits per heavy atom. The molecule has 4 rings (SSSR count). The molecule has 1 aliphatic heterocycles. The summed E-state index contributed by atoms with van der Waals surface area (Å²) in [6.45, 7) is 0.412. The van der Waals surface area contributed by atoms with Crippen LogP contribution in [0.25, 0.3) is 0 Å². The van der Waals surface area contributed by atoms with Gasteiger partial charge >= 0.3 is 0 Å². The Balaban J connectivity index is 1.81. The summed E-state index contributed by atoms with van der Waals surface area (Å²) < 4.78 is 12.3. The normalized spacial score (nSPS) is 19.9. The largest absolute Gasteiger partial charge is 0.368 e. The van der Waals surface area contributed by atoms with E-state index in [0.717, 1.165) is 23.1 Å². The summed E-state index contributed by atoms with van der Waals surface area (Å²) in [5.74, 6) is 0. The van der Waals surface area contributed by atoms with Crippen LogP contribution in [0.1, 0.15) is 29.5 Å². The quantitative estimate of drug-likeness (QED) is 0.658. The van der Waals surface area contributed by atoms with Crippen LogP contribution in [-0.4, -0.2) is 24.1 Å². The lowest BCUT2D eigenvalue weighted by Crippen LogP contribution is -2.35. The van der Waals surface area contributed by atoms with Gasteiger partial charge in [-0.1, -0.05) is 91.0 Å². The molecule has 1 heterocycles. The van der Waals surface area contributed by atoms with Crippen molar-refractivity contribution >= 4 is 0 Å². The fourth-order valence-corrected chi connectivity index (χ4v) is 3.80. The highest BCUT2D eigenvalue weighted by Gasteiger charge is 2.38. The number of rotatable bonds is 6. The minimum atomic E-state index is -0.735. The molecule has 1 saturated heterocycles. The van der Waals surface area contributed by atoms with E-state index in [-0.39, 0.29) is 6.10 Å². The van der Waals surface area contributed by atoms with Crippen LogP contribution in [-0.2, 0) is 15.1 Å². The molecule has 0 aliphatic carbocycles. The third-order valence-electron chi connectivity index (χ3n) is 5.11. The van der Waals surface area contributed by atoms with Crippen LogP contribution in [0.4, 0.5) is 0 Å². The summed E-state index contributed by atoms with van der Waals surface area (Å²) in [6, 6.07) is 30.9. The highest BCUT2D eigenvalue weighted by atomic mass is 16.6. The molecule has 0 spiro atoms. The minimum absolute atomic E-state index is 0.101. The van der Waals surface area contributed by atoms with Crippen molar-refractivity contribution < 1.29 is 14.6 Å². The Kier molecular flexibility index (Phi) is 5.35. The molecular weight excluding hydrogens is 336 g/mol. The van der Waals surface area contributed by atoms with E-state index in [2.05, 4.69) is 36.4 Å². The van der Waals surface area contributed by atoms with Gasteiger partial charge in [0.25, 0.3) is 0 Å². The Labute approximate surface area is 160 Å². The highest BCUT2D eigenvalue weighted by molar-refractivity contribution is 5.47. The number of aliphatic hydroxyl groups is 1. The molecule has 1 fully saturated rings. The predicted molar refractivity (Wildman–Crippen MR) is 105 cm³/mol. The number of ether oxygens (including phenoxy) is 2. The lowest BCUT2D eigenvalue weighted by atomic mass is 9.80. The van der Waals surface area contributed by atoms with Crippen LogP contribution < -0.4 is 0 Å². The first-order valence-electron chi connectivity index (χ1n) is 9.43. The summed E-state index contributed by atoms with van der Waals surface area (Å²) in [4.78, 5) is 0. The molecule has 3 nitrogen and oxygen atoms in total. The third kappa shape index (κ3) is 3.67. The first-order chi connectivity index (χ1) is 13.3. The van der Waals surface area contributed by atoms with Crippen molar-refractivity contribution in [1.29, 1.82) is 0 Å². The van der Waals surface area contributed by atoms with Gasteiger partial charge in [0.2, 0.25) is 0 Å². The number of hydrogen-bond acceptors (Lipinski definition) is 3. The molecule has 3 heteroatoms. The maximum absolute atomic E-state index is 9.70. The van der Waals surface area contributed by atoms with E-state index in [9.17, 15) is 5.11 Å². The van der Waals surface area contributed by atoms with E-state index in [1.807, 2.05) is 54.6 Å². The molecule has 1 aliphatic rings. The fourth-order valence-electron chi connectivity index (χ4n) is 3.80. The topological polar surface area (TPSA) is 38.7 Å². The van der Waals surface area contributed by atoms with E-state index in [1.165, 1.54) is 0 Å². The Morgan fingerprint density at radius 2 is 1.19 bits per heavy atom. The average molecular weight is 360 g/mol. The van der Waals surface area contributed by atoms with Crippen molar-refractivity contribution in [3.05, 3.63) is 108 Å². The van der Waals surface area contributed by atoms with Crippen molar-refractivity contribution in [2.45, 2.75) is 30.8 Å². The summed E-state index contributed by atoms with van der Waals surface area (Å²) in [6.07, 6.45) is 0.673. The smallest absolute Gasteiger partial charge is 0.155 e. The molecule has 0 bridgehead atoms. The van der Waals surface area contributed by atoms with Gasteiger partial charge in [-0.25, -0.2) is 0 Å². The van der Waals surface area contributed by atoms with Crippen molar-refractivity contribution in [1.82, 2.24) is 0 Å². The maximum Gasteiger partial charge on any atom is 0.155 e. The maximum atomic E-state index is 9.70. The van der Waals surface area contributed by atoms with Crippen molar-refractivity contribution in [3.63, 3.8) is 0 Å². The monoisotopic (exact) mass is 360 g/mol. The van der Waals surface area contributed by atoms with Gasteiger partial charge in [-0.3, -0.25) is 0 Å². The zero-order valence-corrected chi connectivity index (χ0v) is 15.2. The number of benzene rings is 3. The second-order valence-electron chi connectivity index (χ2n) is 6.88. The summed E-state index contributed by atoms with van der Waals surface area (Å²) >= 11 is 0. The standard InChI is InChI=1S/C24H24O3/c25-23-17-16-22(27-23)18-26-24(19-10-4-1-5-11-19,20-12-6-2-7-13-20)21-14-8-3-9-15-21/h1-15,22-23,25H,16-18H2. The summed E-state index contributed by atoms with van der Waals surface area (Å²) in [5, 5.41) is 9.70. The van der Waals surface area contributed by atoms with Gasteiger partial charge in [-0.15, -0.1) is 0 Å². The molecule has 0 aromatic heterocycles. The summed E-state index contributed by atoms with van der Waals surface area (Å²) in [5.41, 5.74) is 2.48. The van der Waals surface area contributed by atoms with Crippen LogP contribution in [0.5, 0.6) is 0 Å². The molecule has 138 valence electrons. The van der Waals surface area contributed by atoms with Crippen LogP contribution in [0, 0.1) is 0 Å². The molecule has 2 atom stereocenters. The Morgan fingerprint density at radius 1 is 0.741 bits per heavy atom. The molecule has 2 unspecified atom stereocenters. The molecule has 3 aromatic rings. The Hall–Kier alpha value is -2.46. The molecule has 0 amide bonds.